The fourth-order valence-corrected chi connectivity index (χ4v) is 5.72. The fourth-order valence-electron chi connectivity index (χ4n) is 5.72. The van der Waals surface area contributed by atoms with Gasteiger partial charge in [-0.3, -0.25) is 4.98 Å². The second-order valence-corrected chi connectivity index (χ2v) is 9.66. The highest BCUT2D eigenvalue weighted by Crippen LogP contribution is 2.40. The van der Waals surface area contributed by atoms with Gasteiger partial charge in [0.1, 0.15) is 24.6 Å². The summed E-state index contributed by atoms with van der Waals surface area (Å²) in [5.74, 6) is 0.900. The van der Waals surface area contributed by atoms with Crippen molar-refractivity contribution in [2.75, 3.05) is 37.7 Å². The minimum absolute atomic E-state index is 0.0919. The third-order valence-electron chi connectivity index (χ3n) is 7.43. The molecule has 2 saturated heterocycles. The number of ether oxygens (including phenoxy) is 1. The normalized spacial score (nSPS) is 26.2. The summed E-state index contributed by atoms with van der Waals surface area (Å²) >= 11 is 0. The van der Waals surface area contributed by atoms with E-state index in [0.717, 1.165) is 48.4 Å². The molecule has 4 heterocycles. The number of nitrogens with zero attached hydrogens (tertiary/aromatic N) is 4. The monoisotopic (exact) mass is 457 g/mol. The number of fused-ring (bicyclic) bond motifs is 3. The number of allylic oxidation sites excluding steroid dienone is 2. The van der Waals surface area contributed by atoms with Gasteiger partial charge in [0.05, 0.1) is 17.6 Å². The van der Waals surface area contributed by atoms with Gasteiger partial charge in [0.25, 0.3) is 0 Å². The van der Waals surface area contributed by atoms with Crippen molar-refractivity contribution in [2.24, 2.45) is 0 Å². The third kappa shape index (κ3) is 3.63. The van der Waals surface area contributed by atoms with Gasteiger partial charge in [0.15, 0.2) is 0 Å². The predicted molar refractivity (Wildman–Crippen MR) is 130 cm³/mol. The molecule has 174 valence electrons. The second kappa shape index (κ2) is 8.44. The van der Waals surface area contributed by atoms with Crippen LogP contribution in [-0.4, -0.2) is 60.9 Å². The maximum Gasteiger partial charge on any atom is 0.116 e. The fraction of sp³-hybridized carbons (Fsp3) is 0.407. The molecule has 7 heteroatoms. The van der Waals surface area contributed by atoms with Crippen molar-refractivity contribution in [1.29, 1.82) is 5.26 Å². The number of nitriles is 1. The molecular weight excluding hydrogens is 429 g/mol. The number of pyridine rings is 1. The topological polar surface area (TPSA) is 64.4 Å². The molecule has 1 aliphatic carbocycles. The number of benzene rings is 1. The number of alkyl halides is 1. The summed E-state index contributed by atoms with van der Waals surface area (Å²) in [6.45, 7) is 5.87. The lowest BCUT2D eigenvalue weighted by molar-refractivity contribution is 0.191. The lowest BCUT2D eigenvalue weighted by Crippen LogP contribution is -2.49. The number of halogens is 1. The van der Waals surface area contributed by atoms with E-state index in [2.05, 4.69) is 57.4 Å². The zero-order chi connectivity index (χ0) is 23.2. The standard InChI is InChI=1S/C27H28FN5O/c1-17-13-32(25-7-4-18(11-29)27-24(25)3-2-8-30-27)15-26-23-6-5-22(9-19(23)14-33(17)26)34-16-21-10-20(28)12-31-21/h2-5,7-9,17,20-21,31H,6,10,12-16H2,1H3/t17-,20+,21+/m1/s1. The highest BCUT2D eigenvalue weighted by molar-refractivity contribution is 5.95. The molecule has 1 aromatic carbocycles. The number of hydrogen-bond donors (Lipinski definition) is 1. The van der Waals surface area contributed by atoms with Gasteiger partial charge in [0, 0.05) is 54.7 Å². The lowest BCUT2D eigenvalue weighted by Gasteiger charge is -2.42. The van der Waals surface area contributed by atoms with Gasteiger partial charge in [-0.15, -0.1) is 0 Å². The molecule has 6 nitrogen and oxygen atoms in total. The first-order chi connectivity index (χ1) is 16.6. The van der Waals surface area contributed by atoms with Gasteiger partial charge < -0.3 is 19.9 Å². The van der Waals surface area contributed by atoms with Crippen molar-refractivity contribution in [3.63, 3.8) is 0 Å². The average molecular weight is 458 g/mol. The molecule has 0 bridgehead atoms. The molecule has 4 aliphatic rings. The molecule has 1 aromatic heterocycles. The first-order valence-corrected chi connectivity index (χ1v) is 12.0. The minimum atomic E-state index is -0.761. The molecule has 3 atom stereocenters. The largest absolute Gasteiger partial charge is 0.492 e. The van der Waals surface area contributed by atoms with E-state index in [1.165, 1.54) is 16.8 Å². The van der Waals surface area contributed by atoms with E-state index >= 15 is 0 Å². The number of piperazine rings is 1. The Labute approximate surface area is 199 Å². The Balaban J connectivity index is 1.24. The first-order valence-electron chi connectivity index (χ1n) is 12.0. The third-order valence-corrected chi connectivity index (χ3v) is 7.43. The van der Waals surface area contributed by atoms with Crippen LogP contribution in [-0.2, 0) is 4.74 Å². The van der Waals surface area contributed by atoms with Gasteiger partial charge in [0.2, 0.25) is 0 Å². The maximum absolute atomic E-state index is 13.4. The Hall–Kier alpha value is -3.37. The van der Waals surface area contributed by atoms with Gasteiger partial charge in [-0.05, 0) is 67.3 Å². The number of rotatable bonds is 4. The maximum atomic E-state index is 13.4. The van der Waals surface area contributed by atoms with Crippen LogP contribution in [0.4, 0.5) is 10.1 Å². The Morgan fingerprint density at radius 1 is 1.29 bits per heavy atom. The Kier molecular flexibility index (Phi) is 5.26. The van der Waals surface area contributed by atoms with Gasteiger partial charge >= 0.3 is 0 Å². The Bertz CT molecular complexity index is 1280. The van der Waals surface area contributed by atoms with Crippen LogP contribution in [0.2, 0.25) is 0 Å². The zero-order valence-electron chi connectivity index (χ0n) is 19.3. The Morgan fingerprint density at radius 2 is 2.21 bits per heavy atom. The van der Waals surface area contributed by atoms with Crippen molar-refractivity contribution < 1.29 is 9.13 Å². The average Bonchev–Trinajstić information content (AvgIpc) is 3.45. The Morgan fingerprint density at radius 3 is 3.03 bits per heavy atom. The van der Waals surface area contributed by atoms with Crippen LogP contribution in [0.15, 0.2) is 65.2 Å². The van der Waals surface area contributed by atoms with E-state index in [-0.39, 0.29) is 6.04 Å². The number of aromatic nitrogens is 1. The molecule has 3 aliphatic heterocycles. The molecule has 0 radical (unpaired) electrons. The molecule has 0 spiro atoms. The van der Waals surface area contributed by atoms with Crippen molar-refractivity contribution in [3.8, 4) is 6.07 Å². The van der Waals surface area contributed by atoms with Gasteiger partial charge in [-0.2, -0.15) is 5.26 Å². The van der Waals surface area contributed by atoms with Crippen molar-refractivity contribution >= 4 is 16.6 Å². The predicted octanol–water partition coefficient (Wildman–Crippen LogP) is 3.82. The molecule has 34 heavy (non-hydrogen) atoms. The molecule has 0 unspecified atom stereocenters. The molecule has 2 fully saturated rings. The molecule has 0 saturated carbocycles. The summed E-state index contributed by atoms with van der Waals surface area (Å²) in [5.41, 5.74) is 6.60. The molecular formula is C27H28FN5O. The SMILES string of the molecule is C[C@@H]1CN(c2ccc(C#N)c3ncccc23)CC2=C3CC=C(OC[C@@H]4C[C@H](F)CN4)C=C3CN21. The molecule has 0 amide bonds. The summed E-state index contributed by atoms with van der Waals surface area (Å²) in [7, 11) is 0. The van der Waals surface area contributed by atoms with Crippen molar-refractivity contribution in [3.05, 3.63) is 70.8 Å². The van der Waals surface area contributed by atoms with E-state index in [9.17, 15) is 9.65 Å². The summed E-state index contributed by atoms with van der Waals surface area (Å²) < 4.78 is 19.5. The van der Waals surface area contributed by atoms with E-state index in [0.29, 0.717) is 31.2 Å². The van der Waals surface area contributed by atoms with Crippen LogP contribution < -0.4 is 10.2 Å². The highest BCUT2D eigenvalue weighted by Gasteiger charge is 2.36. The highest BCUT2D eigenvalue weighted by atomic mass is 19.1. The number of nitrogens with one attached hydrogen (secondary N) is 1. The van der Waals surface area contributed by atoms with Crippen LogP contribution >= 0.6 is 0 Å². The quantitative estimate of drug-likeness (QED) is 0.753. The molecule has 1 N–H and O–H groups in total. The van der Waals surface area contributed by atoms with Crippen LogP contribution in [0.3, 0.4) is 0 Å². The van der Waals surface area contributed by atoms with E-state index in [4.69, 9.17) is 4.74 Å². The number of anilines is 1. The van der Waals surface area contributed by atoms with Crippen LogP contribution in [0, 0.1) is 11.3 Å². The summed E-state index contributed by atoms with van der Waals surface area (Å²) in [6, 6.07) is 10.7. The smallest absolute Gasteiger partial charge is 0.116 e. The zero-order valence-corrected chi connectivity index (χ0v) is 19.3. The van der Waals surface area contributed by atoms with Crippen LogP contribution in [0.5, 0.6) is 0 Å². The first kappa shape index (κ1) is 21.2. The van der Waals surface area contributed by atoms with Crippen molar-refractivity contribution in [1.82, 2.24) is 15.2 Å². The number of hydrogen-bond acceptors (Lipinski definition) is 6. The molecule has 2 aromatic rings. The lowest BCUT2D eigenvalue weighted by atomic mass is 9.97. The summed E-state index contributed by atoms with van der Waals surface area (Å²) in [5, 5.41) is 13.7. The minimum Gasteiger partial charge on any atom is -0.492 e. The molecule has 6 rings (SSSR count). The van der Waals surface area contributed by atoms with E-state index in [1.807, 2.05) is 12.1 Å². The van der Waals surface area contributed by atoms with E-state index in [1.54, 1.807) is 6.20 Å². The van der Waals surface area contributed by atoms with Crippen molar-refractivity contribution in [2.45, 2.75) is 38.0 Å². The van der Waals surface area contributed by atoms with Crippen LogP contribution in [0.1, 0.15) is 25.3 Å². The van der Waals surface area contributed by atoms with Gasteiger partial charge in [-0.1, -0.05) is 0 Å². The van der Waals surface area contributed by atoms with Crippen LogP contribution in [0.25, 0.3) is 10.9 Å². The summed E-state index contributed by atoms with van der Waals surface area (Å²) in [4.78, 5) is 9.43. The summed E-state index contributed by atoms with van der Waals surface area (Å²) in [6.07, 6.45) is 6.69. The van der Waals surface area contributed by atoms with Gasteiger partial charge in [-0.25, -0.2) is 4.39 Å². The van der Waals surface area contributed by atoms with E-state index < -0.39 is 6.17 Å². The second-order valence-electron chi connectivity index (χ2n) is 9.66.